The molecule has 0 radical (unpaired) electrons. The average molecular weight is 360 g/mol. The largest absolute Gasteiger partial charge is 0.393 e. The van der Waals surface area contributed by atoms with E-state index in [1.807, 2.05) is 13.0 Å². The van der Waals surface area contributed by atoms with Gasteiger partial charge < -0.3 is 14.9 Å². The normalized spacial score (nSPS) is 32.5. The molecule has 1 aromatic rings. The maximum absolute atomic E-state index is 13.8. The second kappa shape index (κ2) is 6.84. The summed E-state index contributed by atoms with van der Waals surface area (Å²) in [6.07, 6.45) is 6.04. The highest BCUT2D eigenvalue weighted by Crippen LogP contribution is 2.43. The highest BCUT2D eigenvalue weighted by molar-refractivity contribution is 5.86. The van der Waals surface area contributed by atoms with Crippen LogP contribution in [0.3, 0.4) is 0 Å². The highest BCUT2D eigenvalue weighted by Gasteiger charge is 2.50. The maximum Gasteiger partial charge on any atom is 0.230 e. The zero-order valence-electron chi connectivity index (χ0n) is 15.6. The molecule has 2 aliphatic heterocycles. The van der Waals surface area contributed by atoms with Crippen LogP contribution in [-0.4, -0.2) is 47.7 Å². The molecular formula is C21H29FN2O2. The molecule has 1 N–H and O–H groups in total. The lowest BCUT2D eigenvalue weighted by molar-refractivity contribution is -0.139. The minimum Gasteiger partial charge on any atom is -0.393 e. The lowest BCUT2D eigenvalue weighted by Gasteiger charge is -2.42. The van der Waals surface area contributed by atoms with Gasteiger partial charge in [0.05, 0.1) is 11.5 Å². The summed E-state index contributed by atoms with van der Waals surface area (Å²) < 4.78 is 13.8. The first kappa shape index (κ1) is 17.8. The van der Waals surface area contributed by atoms with Gasteiger partial charge in [-0.3, -0.25) is 4.79 Å². The van der Waals surface area contributed by atoms with Gasteiger partial charge in [-0.15, -0.1) is 0 Å². The summed E-state index contributed by atoms with van der Waals surface area (Å²) in [5.41, 5.74) is 1.68. The van der Waals surface area contributed by atoms with Crippen molar-refractivity contribution in [3.05, 3.63) is 29.6 Å². The van der Waals surface area contributed by atoms with Crippen molar-refractivity contribution in [2.45, 2.75) is 64.0 Å². The smallest absolute Gasteiger partial charge is 0.230 e. The first-order valence-corrected chi connectivity index (χ1v) is 9.99. The van der Waals surface area contributed by atoms with Gasteiger partial charge in [-0.25, -0.2) is 4.39 Å². The van der Waals surface area contributed by atoms with E-state index in [9.17, 15) is 14.3 Å². The molecule has 0 bridgehead atoms. The molecule has 26 heavy (non-hydrogen) atoms. The summed E-state index contributed by atoms with van der Waals surface area (Å²) in [5.74, 6) is 0.0722. The number of aliphatic hydroxyl groups is 1. The van der Waals surface area contributed by atoms with E-state index in [4.69, 9.17) is 0 Å². The number of aryl methyl sites for hydroxylation is 1. The van der Waals surface area contributed by atoms with Crippen LogP contribution in [-0.2, 0) is 4.79 Å². The fourth-order valence-electron chi connectivity index (χ4n) is 5.21. The molecule has 0 unspecified atom stereocenters. The van der Waals surface area contributed by atoms with Gasteiger partial charge in [0.1, 0.15) is 5.82 Å². The summed E-state index contributed by atoms with van der Waals surface area (Å²) in [7, 11) is 0. The summed E-state index contributed by atoms with van der Waals surface area (Å²) >= 11 is 0. The number of rotatable bonds is 2. The van der Waals surface area contributed by atoms with Crippen LogP contribution in [0.1, 0.15) is 50.5 Å². The van der Waals surface area contributed by atoms with E-state index in [0.717, 1.165) is 69.3 Å². The SMILES string of the molecule is Cc1ccc(F)cc1N1CCC[C@@]2(CCN([C@H]3CC[C@@H](O)CC3)C2=O)C1. The van der Waals surface area contributed by atoms with Crippen molar-refractivity contribution >= 4 is 11.6 Å². The number of aliphatic hydroxyl groups excluding tert-OH is 1. The average Bonchev–Trinajstić information content (AvgIpc) is 2.94. The number of halogens is 1. The quantitative estimate of drug-likeness (QED) is 0.880. The number of carbonyl (C=O) groups excluding carboxylic acids is 1. The fourth-order valence-corrected chi connectivity index (χ4v) is 5.21. The Kier molecular flexibility index (Phi) is 4.68. The second-order valence-corrected chi connectivity index (χ2v) is 8.45. The topological polar surface area (TPSA) is 43.8 Å². The van der Waals surface area contributed by atoms with Crippen LogP contribution < -0.4 is 4.90 Å². The van der Waals surface area contributed by atoms with Crippen molar-refractivity contribution in [1.29, 1.82) is 0 Å². The molecule has 1 aliphatic carbocycles. The standard InChI is InChI=1S/C21H29FN2O2/c1-15-3-4-16(22)13-19(15)23-11-2-9-21(14-23)10-12-24(20(21)26)17-5-7-18(25)8-6-17/h3-4,13,17-18,25H,2,5-12,14H2,1H3/t17-,18+,21-/m1/s1. The molecule has 3 fully saturated rings. The molecule has 4 nitrogen and oxygen atoms in total. The van der Waals surface area contributed by atoms with Gasteiger partial charge in [0.2, 0.25) is 5.91 Å². The van der Waals surface area contributed by atoms with Gasteiger partial charge in [-0.2, -0.15) is 0 Å². The van der Waals surface area contributed by atoms with E-state index >= 15 is 0 Å². The van der Waals surface area contributed by atoms with Crippen molar-refractivity contribution in [2.75, 3.05) is 24.5 Å². The van der Waals surface area contributed by atoms with Gasteiger partial charge in [-0.1, -0.05) is 6.07 Å². The Morgan fingerprint density at radius 2 is 1.92 bits per heavy atom. The number of carbonyl (C=O) groups is 1. The number of amides is 1. The number of piperidine rings is 1. The Bertz CT molecular complexity index is 687. The monoisotopic (exact) mass is 360 g/mol. The van der Waals surface area contributed by atoms with Gasteiger partial charge in [0.15, 0.2) is 0 Å². The van der Waals surface area contributed by atoms with Crippen LogP contribution >= 0.6 is 0 Å². The molecule has 142 valence electrons. The molecule has 1 amide bonds. The van der Waals surface area contributed by atoms with Crippen molar-refractivity contribution < 1.29 is 14.3 Å². The third-order valence-corrected chi connectivity index (χ3v) is 6.74. The van der Waals surface area contributed by atoms with Crippen molar-refractivity contribution in [2.24, 2.45) is 5.41 Å². The number of hydrogen-bond donors (Lipinski definition) is 1. The maximum atomic E-state index is 13.8. The van der Waals surface area contributed by atoms with Crippen LogP contribution in [0.15, 0.2) is 18.2 Å². The molecule has 2 saturated heterocycles. The first-order chi connectivity index (χ1) is 12.5. The molecule has 1 saturated carbocycles. The molecule has 1 spiro atoms. The molecule has 4 rings (SSSR count). The van der Waals surface area contributed by atoms with E-state index in [-0.39, 0.29) is 29.3 Å². The molecule has 3 aliphatic rings. The van der Waals surface area contributed by atoms with E-state index < -0.39 is 0 Å². The summed E-state index contributed by atoms with van der Waals surface area (Å²) in [6.45, 7) is 4.42. The van der Waals surface area contributed by atoms with Gasteiger partial charge >= 0.3 is 0 Å². The van der Waals surface area contributed by atoms with E-state index in [2.05, 4.69) is 9.80 Å². The predicted octanol–water partition coefficient (Wildman–Crippen LogP) is 3.26. The number of anilines is 1. The third kappa shape index (κ3) is 3.11. The van der Waals surface area contributed by atoms with Gasteiger partial charge in [-0.05, 0) is 69.6 Å². The van der Waals surface area contributed by atoms with E-state index in [1.165, 1.54) is 6.07 Å². The molecule has 2 heterocycles. The molecular weight excluding hydrogens is 331 g/mol. The number of benzene rings is 1. The molecule has 1 atom stereocenters. The van der Waals surface area contributed by atoms with Crippen molar-refractivity contribution in [3.63, 3.8) is 0 Å². The predicted molar refractivity (Wildman–Crippen MR) is 99.6 cm³/mol. The Morgan fingerprint density at radius 3 is 2.69 bits per heavy atom. The van der Waals surface area contributed by atoms with Gasteiger partial charge in [0.25, 0.3) is 0 Å². The zero-order valence-corrected chi connectivity index (χ0v) is 15.6. The minimum atomic E-state index is -0.312. The summed E-state index contributed by atoms with van der Waals surface area (Å²) in [6, 6.07) is 5.21. The van der Waals surface area contributed by atoms with Gasteiger partial charge in [0, 0.05) is 31.4 Å². The Morgan fingerprint density at radius 1 is 1.15 bits per heavy atom. The molecule has 1 aromatic carbocycles. The Balaban J connectivity index is 1.51. The van der Waals surface area contributed by atoms with E-state index in [0.29, 0.717) is 6.54 Å². The lowest BCUT2D eigenvalue weighted by Crippen LogP contribution is -2.50. The highest BCUT2D eigenvalue weighted by atomic mass is 19.1. The van der Waals surface area contributed by atoms with Crippen LogP contribution in [0, 0.1) is 18.2 Å². The van der Waals surface area contributed by atoms with Crippen molar-refractivity contribution in [1.82, 2.24) is 4.90 Å². The summed E-state index contributed by atoms with van der Waals surface area (Å²) in [5, 5.41) is 9.75. The number of likely N-dealkylation sites (tertiary alicyclic amines) is 1. The second-order valence-electron chi connectivity index (χ2n) is 8.45. The Labute approximate surface area is 155 Å². The number of hydrogen-bond acceptors (Lipinski definition) is 3. The fraction of sp³-hybridized carbons (Fsp3) is 0.667. The Hall–Kier alpha value is -1.62. The van der Waals surface area contributed by atoms with Crippen LogP contribution in [0.2, 0.25) is 0 Å². The summed E-state index contributed by atoms with van der Waals surface area (Å²) in [4.78, 5) is 17.7. The van der Waals surface area contributed by atoms with Crippen LogP contribution in [0.5, 0.6) is 0 Å². The molecule has 0 aromatic heterocycles. The van der Waals surface area contributed by atoms with Crippen LogP contribution in [0.4, 0.5) is 10.1 Å². The van der Waals surface area contributed by atoms with Crippen molar-refractivity contribution in [3.8, 4) is 0 Å². The third-order valence-electron chi connectivity index (χ3n) is 6.74. The zero-order chi connectivity index (χ0) is 18.3. The van der Waals surface area contributed by atoms with Crippen LogP contribution in [0.25, 0.3) is 0 Å². The first-order valence-electron chi connectivity index (χ1n) is 9.99. The number of nitrogens with zero attached hydrogens (tertiary/aromatic N) is 2. The lowest BCUT2D eigenvalue weighted by atomic mass is 9.78. The molecule has 5 heteroatoms. The van der Waals surface area contributed by atoms with E-state index in [1.54, 1.807) is 6.07 Å². The minimum absolute atomic E-state index is 0.195.